The van der Waals surface area contributed by atoms with Crippen LogP contribution in [0.5, 0.6) is 0 Å². The van der Waals surface area contributed by atoms with Crippen molar-refractivity contribution in [1.82, 2.24) is 15.2 Å². The predicted molar refractivity (Wildman–Crippen MR) is 91.3 cm³/mol. The average Bonchev–Trinajstić information content (AvgIpc) is 3.11. The number of amides is 2. The minimum atomic E-state index is -0.228. The molecule has 1 aliphatic carbocycles. The van der Waals surface area contributed by atoms with Crippen molar-refractivity contribution in [2.75, 3.05) is 19.6 Å². The highest BCUT2D eigenvalue weighted by molar-refractivity contribution is 5.94. The Morgan fingerprint density at radius 2 is 1.96 bits per heavy atom. The van der Waals surface area contributed by atoms with Gasteiger partial charge in [0, 0.05) is 37.6 Å². The van der Waals surface area contributed by atoms with Gasteiger partial charge in [-0.1, -0.05) is 12.8 Å². The molecule has 0 aromatic carbocycles. The van der Waals surface area contributed by atoms with Crippen LogP contribution < -0.4 is 11.1 Å². The lowest BCUT2D eigenvalue weighted by molar-refractivity contribution is -0.128. The summed E-state index contributed by atoms with van der Waals surface area (Å²) in [4.78, 5) is 31.0. The fourth-order valence-corrected chi connectivity index (χ4v) is 3.85. The molecule has 1 saturated heterocycles. The number of likely N-dealkylation sites (tertiary alicyclic amines) is 1. The average molecular weight is 330 g/mol. The fraction of sp³-hybridized carbons (Fsp3) is 0.611. The third-order valence-electron chi connectivity index (χ3n) is 5.35. The van der Waals surface area contributed by atoms with Crippen LogP contribution in [0.15, 0.2) is 24.5 Å². The Morgan fingerprint density at radius 1 is 1.25 bits per heavy atom. The molecule has 0 radical (unpaired) electrons. The normalized spacial score (nSPS) is 23.0. The number of piperidine rings is 1. The maximum Gasteiger partial charge on any atom is 0.253 e. The van der Waals surface area contributed by atoms with Crippen molar-refractivity contribution in [3.63, 3.8) is 0 Å². The monoisotopic (exact) mass is 330 g/mol. The Balaban J connectivity index is 1.63. The van der Waals surface area contributed by atoms with E-state index in [-0.39, 0.29) is 23.3 Å². The van der Waals surface area contributed by atoms with Gasteiger partial charge in [0.1, 0.15) is 0 Å². The van der Waals surface area contributed by atoms with Gasteiger partial charge in [-0.2, -0.15) is 0 Å². The summed E-state index contributed by atoms with van der Waals surface area (Å²) >= 11 is 0. The third kappa shape index (κ3) is 3.59. The third-order valence-corrected chi connectivity index (χ3v) is 5.35. The number of nitrogens with zero attached hydrogens (tertiary/aromatic N) is 2. The summed E-state index contributed by atoms with van der Waals surface area (Å²) in [5.74, 6) is -0.118. The molecule has 1 saturated carbocycles. The van der Waals surface area contributed by atoms with Crippen LogP contribution in [0.25, 0.3) is 0 Å². The summed E-state index contributed by atoms with van der Waals surface area (Å²) in [6, 6.07) is 3.43. The first-order valence-corrected chi connectivity index (χ1v) is 8.85. The zero-order chi connectivity index (χ0) is 17.0. The molecule has 3 rings (SSSR count). The van der Waals surface area contributed by atoms with E-state index in [0.717, 1.165) is 38.5 Å². The Labute approximate surface area is 142 Å². The van der Waals surface area contributed by atoms with Crippen LogP contribution in [0.4, 0.5) is 0 Å². The van der Waals surface area contributed by atoms with Crippen LogP contribution in [0.3, 0.4) is 0 Å². The first-order chi connectivity index (χ1) is 11.6. The van der Waals surface area contributed by atoms with Crippen molar-refractivity contribution in [1.29, 1.82) is 0 Å². The summed E-state index contributed by atoms with van der Waals surface area (Å²) in [6.45, 7) is 1.67. The van der Waals surface area contributed by atoms with Crippen molar-refractivity contribution in [2.45, 2.75) is 44.1 Å². The lowest BCUT2D eigenvalue weighted by Crippen LogP contribution is -2.55. The van der Waals surface area contributed by atoms with Crippen molar-refractivity contribution >= 4 is 11.8 Å². The Morgan fingerprint density at radius 3 is 2.62 bits per heavy atom. The van der Waals surface area contributed by atoms with E-state index in [4.69, 9.17) is 5.73 Å². The maximum absolute atomic E-state index is 12.7. The van der Waals surface area contributed by atoms with Crippen LogP contribution in [0.2, 0.25) is 0 Å². The highest BCUT2D eigenvalue weighted by Crippen LogP contribution is 2.29. The number of pyridine rings is 1. The van der Waals surface area contributed by atoms with E-state index in [9.17, 15) is 9.59 Å². The highest BCUT2D eigenvalue weighted by Gasteiger charge is 2.37. The zero-order valence-electron chi connectivity index (χ0n) is 14.0. The summed E-state index contributed by atoms with van der Waals surface area (Å²) in [5.41, 5.74) is 6.31. The number of hydrogen-bond donors (Lipinski definition) is 2. The predicted octanol–water partition coefficient (Wildman–Crippen LogP) is 1.32. The van der Waals surface area contributed by atoms with Crippen LogP contribution in [-0.2, 0) is 4.79 Å². The van der Waals surface area contributed by atoms with Gasteiger partial charge in [0.25, 0.3) is 5.91 Å². The van der Waals surface area contributed by atoms with Gasteiger partial charge >= 0.3 is 0 Å². The highest BCUT2D eigenvalue weighted by atomic mass is 16.2. The number of aromatic nitrogens is 1. The number of nitrogens with one attached hydrogen (secondary N) is 1. The van der Waals surface area contributed by atoms with E-state index in [2.05, 4.69) is 10.3 Å². The molecule has 6 heteroatoms. The van der Waals surface area contributed by atoms with E-state index in [1.807, 2.05) is 0 Å². The van der Waals surface area contributed by atoms with Crippen molar-refractivity contribution < 1.29 is 9.59 Å². The summed E-state index contributed by atoms with van der Waals surface area (Å²) in [5, 5.41) is 3.20. The van der Waals surface area contributed by atoms with Gasteiger partial charge in [0.05, 0.1) is 11.5 Å². The van der Waals surface area contributed by atoms with Crippen LogP contribution in [0.1, 0.15) is 48.9 Å². The molecule has 2 aliphatic rings. The SMILES string of the molecule is NCC1(NC(=O)C2CCCN(C(=O)c3ccncc3)C2)CCCC1. The molecule has 1 atom stereocenters. The Kier molecular flexibility index (Phi) is 5.14. The minimum Gasteiger partial charge on any atom is -0.349 e. The van der Waals surface area contributed by atoms with Gasteiger partial charge in [-0.05, 0) is 37.8 Å². The summed E-state index contributed by atoms with van der Waals surface area (Å²) in [6.07, 6.45) is 9.07. The lowest BCUT2D eigenvalue weighted by Gasteiger charge is -2.35. The van der Waals surface area contributed by atoms with E-state index < -0.39 is 0 Å². The van der Waals surface area contributed by atoms with Crippen LogP contribution in [-0.4, -0.2) is 46.9 Å². The first-order valence-electron chi connectivity index (χ1n) is 8.85. The Hall–Kier alpha value is -1.95. The second-order valence-corrected chi connectivity index (χ2v) is 7.01. The van der Waals surface area contributed by atoms with E-state index in [1.165, 1.54) is 0 Å². The quantitative estimate of drug-likeness (QED) is 0.871. The van der Waals surface area contributed by atoms with Crippen LogP contribution >= 0.6 is 0 Å². The van der Waals surface area contributed by atoms with Gasteiger partial charge in [0.15, 0.2) is 0 Å². The number of carbonyl (C=O) groups excluding carboxylic acids is 2. The van der Waals surface area contributed by atoms with Crippen LogP contribution in [0, 0.1) is 5.92 Å². The number of nitrogens with two attached hydrogens (primary N) is 1. The molecule has 0 bridgehead atoms. The van der Waals surface area contributed by atoms with Crippen molar-refractivity contribution in [3.8, 4) is 0 Å². The second-order valence-electron chi connectivity index (χ2n) is 7.01. The zero-order valence-corrected chi connectivity index (χ0v) is 14.0. The molecule has 130 valence electrons. The molecule has 1 aromatic rings. The maximum atomic E-state index is 12.7. The van der Waals surface area contributed by atoms with E-state index >= 15 is 0 Å². The summed E-state index contributed by atoms with van der Waals surface area (Å²) in [7, 11) is 0. The Bertz CT molecular complexity index is 584. The van der Waals surface area contributed by atoms with Crippen molar-refractivity contribution in [2.24, 2.45) is 11.7 Å². The number of hydrogen-bond acceptors (Lipinski definition) is 4. The van der Waals surface area contributed by atoms with E-state index in [1.54, 1.807) is 29.4 Å². The lowest BCUT2D eigenvalue weighted by atomic mass is 9.92. The first kappa shape index (κ1) is 16.9. The molecule has 1 aromatic heterocycles. The van der Waals surface area contributed by atoms with Gasteiger partial charge < -0.3 is 16.0 Å². The molecular formula is C18H26N4O2. The molecule has 2 fully saturated rings. The molecule has 2 amide bonds. The van der Waals surface area contributed by atoms with Gasteiger partial charge in [0.2, 0.25) is 5.91 Å². The molecule has 24 heavy (non-hydrogen) atoms. The molecule has 3 N–H and O–H groups in total. The van der Waals surface area contributed by atoms with E-state index in [0.29, 0.717) is 25.2 Å². The second kappa shape index (κ2) is 7.30. The number of rotatable bonds is 4. The number of carbonyl (C=O) groups is 2. The van der Waals surface area contributed by atoms with Gasteiger partial charge in [-0.25, -0.2) is 0 Å². The van der Waals surface area contributed by atoms with Gasteiger partial charge in [-0.15, -0.1) is 0 Å². The molecular weight excluding hydrogens is 304 g/mol. The smallest absolute Gasteiger partial charge is 0.253 e. The molecule has 6 nitrogen and oxygen atoms in total. The topological polar surface area (TPSA) is 88.3 Å². The summed E-state index contributed by atoms with van der Waals surface area (Å²) < 4.78 is 0. The largest absolute Gasteiger partial charge is 0.349 e. The van der Waals surface area contributed by atoms with Gasteiger partial charge in [-0.3, -0.25) is 14.6 Å². The minimum absolute atomic E-state index is 0.0238. The molecule has 1 aliphatic heterocycles. The van der Waals surface area contributed by atoms with Crippen molar-refractivity contribution in [3.05, 3.63) is 30.1 Å². The fourth-order valence-electron chi connectivity index (χ4n) is 3.85. The molecule has 2 heterocycles. The molecule has 0 spiro atoms. The standard InChI is InChI=1S/C18H26N4O2/c19-13-18(7-1-2-8-18)21-16(23)15-4-3-11-22(12-15)17(24)14-5-9-20-10-6-14/h5-6,9-10,15H,1-4,7-8,11-13,19H2,(H,21,23). The molecule has 1 unspecified atom stereocenters.